The minimum absolute atomic E-state index is 0.127. The first kappa shape index (κ1) is 13.6. The summed E-state index contributed by atoms with van der Waals surface area (Å²) in [5.74, 6) is -0.127. The molecular formula is C14H20N4O. The fourth-order valence-electron chi connectivity index (χ4n) is 2.71. The highest BCUT2D eigenvalue weighted by Gasteiger charge is 2.39. The van der Waals surface area contributed by atoms with Crippen molar-refractivity contribution in [3.63, 3.8) is 0 Å². The van der Waals surface area contributed by atoms with E-state index in [2.05, 4.69) is 16.5 Å². The lowest BCUT2D eigenvalue weighted by atomic mass is 9.74. The number of carbonyl (C=O) groups excluding carboxylic acids is 1. The molecule has 0 spiro atoms. The van der Waals surface area contributed by atoms with Crippen molar-refractivity contribution in [1.82, 2.24) is 15.1 Å². The number of hydrogen-bond acceptors (Lipinski definition) is 3. The topological polar surface area (TPSA) is 70.7 Å². The lowest BCUT2D eigenvalue weighted by Gasteiger charge is -2.29. The van der Waals surface area contributed by atoms with Crippen LogP contribution >= 0.6 is 0 Å². The van der Waals surface area contributed by atoms with Crippen LogP contribution in [-0.2, 0) is 18.4 Å². The fourth-order valence-corrected chi connectivity index (χ4v) is 2.71. The molecule has 1 heterocycles. The second kappa shape index (κ2) is 5.43. The Morgan fingerprint density at radius 1 is 1.53 bits per heavy atom. The van der Waals surface area contributed by atoms with Crippen LogP contribution in [0.25, 0.3) is 0 Å². The summed E-state index contributed by atoms with van der Waals surface area (Å²) in [7, 11) is 1.86. The lowest BCUT2D eigenvalue weighted by molar-refractivity contribution is -0.129. The number of nitrogens with one attached hydrogen (secondary N) is 1. The third-order valence-electron chi connectivity index (χ3n) is 3.91. The first-order chi connectivity index (χ1) is 9.07. The molecule has 1 aromatic rings. The van der Waals surface area contributed by atoms with E-state index < -0.39 is 5.41 Å². The molecule has 0 unspecified atom stereocenters. The molecule has 1 amide bonds. The van der Waals surface area contributed by atoms with Crippen LogP contribution in [0, 0.1) is 23.7 Å². The van der Waals surface area contributed by atoms with Gasteiger partial charge < -0.3 is 5.32 Å². The molecule has 19 heavy (non-hydrogen) atoms. The van der Waals surface area contributed by atoms with E-state index in [-0.39, 0.29) is 5.91 Å². The van der Waals surface area contributed by atoms with Gasteiger partial charge in [0.05, 0.1) is 11.8 Å². The van der Waals surface area contributed by atoms with E-state index in [0.29, 0.717) is 19.4 Å². The Bertz CT molecular complexity index is 506. The molecule has 5 nitrogen and oxygen atoms in total. The van der Waals surface area contributed by atoms with E-state index in [1.165, 1.54) is 0 Å². The summed E-state index contributed by atoms with van der Waals surface area (Å²) in [6.07, 6.45) is 6.32. The van der Waals surface area contributed by atoms with Gasteiger partial charge in [-0.15, -0.1) is 0 Å². The van der Waals surface area contributed by atoms with Gasteiger partial charge in [-0.2, -0.15) is 10.4 Å². The average molecular weight is 260 g/mol. The van der Waals surface area contributed by atoms with E-state index >= 15 is 0 Å². The van der Waals surface area contributed by atoms with Gasteiger partial charge in [0.2, 0.25) is 5.91 Å². The summed E-state index contributed by atoms with van der Waals surface area (Å²) in [5.41, 5.74) is 1.10. The highest BCUT2D eigenvalue weighted by molar-refractivity contribution is 5.85. The standard InChI is InChI=1S/C14H20N4O/c1-11-12(9-18(2)17-11)8-16-13(19)14(10-15)6-4-3-5-7-14/h9H,3-8H2,1-2H3,(H,16,19). The number of hydrogen-bond donors (Lipinski definition) is 1. The van der Waals surface area contributed by atoms with Crippen LogP contribution in [0.1, 0.15) is 43.4 Å². The normalized spacial score (nSPS) is 17.7. The van der Waals surface area contributed by atoms with Crippen molar-refractivity contribution in [2.24, 2.45) is 12.5 Å². The summed E-state index contributed by atoms with van der Waals surface area (Å²) in [5, 5.41) is 16.5. The SMILES string of the molecule is Cc1nn(C)cc1CNC(=O)C1(C#N)CCCCC1. The molecular weight excluding hydrogens is 240 g/mol. The third kappa shape index (κ3) is 2.78. The van der Waals surface area contributed by atoms with Crippen molar-refractivity contribution in [2.75, 3.05) is 0 Å². The molecule has 1 aromatic heterocycles. The van der Waals surface area contributed by atoms with Crippen molar-refractivity contribution < 1.29 is 4.79 Å². The van der Waals surface area contributed by atoms with Crippen LogP contribution in [0.4, 0.5) is 0 Å². The zero-order valence-electron chi connectivity index (χ0n) is 11.6. The summed E-state index contributed by atoms with van der Waals surface area (Å²) >= 11 is 0. The first-order valence-corrected chi connectivity index (χ1v) is 6.76. The minimum atomic E-state index is -0.811. The Morgan fingerprint density at radius 3 is 2.74 bits per heavy atom. The molecule has 0 bridgehead atoms. The highest BCUT2D eigenvalue weighted by Crippen LogP contribution is 2.35. The smallest absolute Gasteiger partial charge is 0.240 e. The predicted molar refractivity (Wildman–Crippen MR) is 70.9 cm³/mol. The number of nitrogens with zero attached hydrogens (tertiary/aromatic N) is 3. The highest BCUT2D eigenvalue weighted by atomic mass is 16.2. The number of carbonyl (C=O) groups is 1. The molecule has 0 atom stereocenters. The number of nitriles is 1. The van der Waals surface area contributed by atoms with Gasteiger partial charge in [-0.25, -0.2) is 0 Å². The maximum atomic E-state index is 12.3. The van der Waals surface area contributed by atoms with Gasteiger partial charge in [-0.05, 0) is 19.8 Å². The Hall–Kier alpha value is -1.83. The van der Waals surface area contributed by atoms with Crippen molar-refractivity contribution >= 4 is 5.91 Å². The zero-order chi connectivity index (χ0) is 13.9. The second-order valence-electron chi connectivity index (χ2n) is 5.35. The molecule has 2 rings (SSSR count). The quantitative estimate of drug-likeness (QED) is 0.901. The molecule has 102 valence electrons. The van der Waals surface area contributed by atoms with E-state index in [0.717, 1.165) is 30.5 Å². The van der Waals surface area contributed by atoms with E-state index in [1.54, 1.807) is 4.68 Å². The van der Waals surface area contributed by atoms with Crippen LogP contribution in [0.2, 0.25) is 0 Å². The van der Waals surface area contributed by atoms with E-state index in [1.807, 2.05) is 20.2 Å². The van der Waals surface area contributed by atoms with Gasteiger partial charge in [0.15, 0.2) is 0 Å². The van der Waals surface area contributed by atoms with Crippen LogP contribution in [0.15, 0.2) is 6.20 Å². The van der Waals surface area contributed by atoms with E-state index in [4.69, 9.17) is 0 Å². The second-order valence-corrected chi connectivity index (χ2v) is 5.35. The number of aryl methyl sites for hydroxylation is 2. The average Bonchev–Trinajstić information content (AvgIpc) is 2.75. The fraction of sp³-hybridized carbons (Fsp3) is 0.643. The third-order valence-corrected chi connectivity index (χ3v) is 3.91. The maximum Gasteiger partial charge on any atom is 0.240 e. The van der Waals surface area contributed by atoms with Gasteiger partial charge in [0, 0.05) is 25.4 Å². The van der Waals surface area contributed by atoms with Crippen molar-refractivity contribution in [1.29, 1.82) is 5.26 Å². The largest absolute Gasteiger partial charge is 0.351 e. The Labute approximate surface area is 113 Å². The van der Waals surface area contributed by atoms with Crippen LogP contribution < -0.4 is 5.32 Å². The molecule has 5 heteroatoms. The van der Waals surface area contributed by atoms with Gasteiger partial charge in [-0.3, -0.25) is 9.48 Å². The van der Waals surface area contributed by atoms with Gasteiger partial charge >= 0.3 is 0 Å². The molecule has 1 aliphatic rings. The van der Waals surface area contributed by atoms with Crippen molar-refractivity contribution in [3.8, 4) is 6.07 Å². The Balaban J connectivity index is 2.01. The molecule has 1 saturated carbocycles. The van der Waals surface area contributed by atoms with Gasteiger partial charge in [0.1, 0.15) is 5.41 Å². The monoisotopic (exact) mass is 260 g/mol. The predicted octanol–water partition coefficient (Wildman–Crippen LogP) is 1.82. The Morgan fingerprint density at radius 2 is 2.21 bits per heavy atom. The summed E-state index contributed by atoms with van der Waals surface area (Å²) in [6.45, 7) is 2.37. The van der Waals surface area contributed by atoms with Gasteiger partial charge in [0.25, 0.3) is 0 Å². The number of rotatable bonds is 3. The molecule has 0 radical (unpaired) electrons. The molecule has 0 aromatic carbocycles. The van der Waals surface area contributed by atoms with Gasteiger partial charge in [-0.1, -0.05) is 19.3 Å². The molecule has 1 fully saturated rings. The zero-order valence-corrected chi connectivity index (χ0v) is 11.6. The van der Waals surface area contributed by atoms with Crippen molar-refractivity contribution in [3.05, 3.63) is 17.5 Å². The van der Waals surface area contributed by atoms with Crippen molar-refractivity contribution in [2.45, 2.75) is 45.6 Å². The minimum Gasteiger partial charge on any atom is -0.351 e. The van der Waals surface area contributed by atoms with Crippen LogP contribution in [0.5, 0.6) is 0 Å². The van der Waals surface area contributed by atoms with Crippen LogP contribution in [0.3, 0.4) is 0 Å². The lowest BCUT2D eigenvalue weighted by Crippen LogP contribution is -2.41. The molecule has 0 saturated heterocycles. The van der Waals surface area contributed by atoms with E-state index in [9.17, 15) is 10.1 Å². The summed E-state index contributed by atoms with van der Waals surface area (Å²) in [6, 6.07) is 2.24. The van der Waals surface area contributed by atoms with Crippen LogP contribution in [-0.4, -0.2) is 15.7 Å². The number of aromatic nitrogens is 2. The Kier molecular flexibility index (Phi) is 3.89. The first-order valence-electron chi connectivity index (χ1n) is 6.76. The molecule has 1 N–H and O–H groups in total. The summed E-state index contributed by atoms with van der Waals surface area (Å²) < 4.78 is 1.73. The summed E-state index contributed by atoms with van der Waals surface area (Å²) in [4.78, 5) is 12.3. The molecule has 1 aliphatic carbocycles. The molecule has 0 aliphatic heterocycles. The number of amides is 1. The maximum absolute atomic E-state index is 12.3.